The van der Waals surface area contributed by atoms with E-state index in [1.807, 2.05) is 25.7 Å². The van der Waals surface area contributed by atoms with Crippen LogP contribution in [0.2, 0.25) is 0 Å². The summed E-state index contributed by atoms with van der Waals surface area (Å²) in [7, 11) is 1.28. The minimum Gasteiger partial charge on any atom is -0.453 e. The van der Waals surface area contributed by atoms with Crippen LogP contribution in [0.3, 0.4) is 0 Å². The molecule has 3 amide bonds. The summed E-state index contributed by atoms with van der Waals surface area (Å²) in [6, 6.07) is 25.0. The molecule has 5 unspecified atom stereocenters. The van der Waals surface area contributed by atoms with E-state index in [-0.39, 0.29) is 59.5 Å². The molecule has 1 N–H and O–H groups in total. The molecule has 4 fully saturated rings. The van der Waals surface area contributed by atoms with Crippen molar-refractivity contribution in [2.45, 2.75) is 141 Å². The zero-order chi connectivity index (χ0) is 42.7. The fraction of sp³-hybridized carbons (Fsp3) is 0.549. The molecule has 0 bridgehead atoms. The molecule has 60 heavy (non-hydrogen) atoms. The fourth-order valence-electron chi connectivity index (χ4n) is 10.2. The van der Waals surface area contributed by atoms with E-state index in [0.29, 0.717) is 43.7 Å². The van der Waals surface area contributed by atoms with Crippen LogP contribution >= 0.6 is 0 Å². The van der Waals surface area contributed by atoms with Crippen molar-refractivity contribution >= 4 is 29.5 Å². The van der Waals surface area contributed by atoms with E-state index in [1.165, 1.54) is 42.2 Å². The van der Waals surface area contributed by atoms with Crippen molar-refractivity contribution in [3.8, 4) is 0 Å². The van der Waals surface area contributed by atoms with Crippen molar-refractivity contribution in [1.29, 1.82) is 0 Å². The number of Topliss-reactive ketones (excluding diaryl/α,β-unsaturated/α-hetero) is 2. The van der Waals surface area contributed by atoms with Crippen LogP contribution in [-0.2, 0) is 36.8 Å². The van der Waals surface area contributed by atoms with Gasteiger partial charge in [0.25, 0.3) is 0 Å². The van der Waals surface area contributed by atoms with Gasteiger partial charge in [-0.2, -0.15) is 0 Å². The molecule has 2 saturated carbocycles. The second kappa shape index (κ2) is 18.9. The Kier molecular flexibility index (Phi) is 13.6. The molecule has 7 rings (SSSR count). The van der Waals surface area contributed by atoms with Gasteiger partial charge in [-0.15, -0.1) is 0 Å². The van der Waals surface area contributed by atoms with Gasteiger partial charge in [-0.05, 0) is 120 Å². The average Bonchev–Trinajstić information content (AvgIpc) is 3.58. The topological polar surface area (TPSA) is 113 Å². The van der Waals surface area contributed by atoms with E-state index in [1.54, 1.807) is 4.90 Å². The zero-order valence-electron chi connectivity index (χ0n) is 36.5. The lowest BCUT2D eigenvalue weighted by molar-refractivity contribution is -0.141. The number of benzene rings is 3. The lowest BCUT2D eigenvalue weighted by Crippen LogP contribution is -2.53. The first kappa shape index (κ1) is 43.3. The molecule has 2 aliphatic carbocycles. The van der Waals surface area contributed by atoms with Gasteiger partial charge in [0, 0.05) is 31.8 Å². The normalized spacial score (nSPS) is 23.8. The summed E-state index contributed by atoms with van der Waals surface area (Å²) in [6.07, 6.45) is 7.51. The second-order valence-corrected chi connectivity index (χ2v) is 18.8. The molecule has 9 nitrogen and oxygen atoms in total. The van der Waals surface area contributed by atoms with Gasteiger partial charge in [0.1, 0.15) is 6.04 Å². The SMILES string of the molecule is COC(=O)N[C@H](C(=O)N1CCCC1C(=O)Cc1ccc(C2CCC(c3ccc(CC(=O)C4CCCN4C(=O)[C@@H](C)C(C)C)cc3)C2c2ccc(C3CC3)cc2)cc1)C(C)C. The first-order valence-corrected chi connectivity index (χ1v) is 22.6. The maximum absolute atomic E-state index is 13.8. The highest BCUT2D eigenvalue weighted by molar-refractivity contribution is 5.94. The average molecular weight is 816 g/mol. The number of ether oxygens (including phenoxy) is 1. The number of alkyl carbamates (subject to hydrolysis) is 1. The molecule has 4 aliphatic rings. The van der Waals surface area contributed by atoms with Gasteiger partial charge in [-0.3, -0.25) is 19.2 Å². The molecule has 0 radical (unpaired) electrons. The first-order valence-electron chi connectivity index (χ1n) is 22.6. The highest BCUT2D eigenvalue weighted by Gasteiger charge is 2.41. The van der Waals surface area contributed by atoms with Crippen molar-refractivity contribution < 1.29 is 28.7 Å². The van der Waals surface area contributed by atoms with Gasteiger partial charge in [0.05, 0.1) is 19.2 Å². The van der Waals surface area contributed by atoms with E-state index in [0.717, 1.165) is 43.2 Å². The fourth-order valence-corrected chi connectivity index (χ4v) is 10.2. The number of carbonyl (C=O) groups excluding carboxylic acids is 5. The predicted octanol–water partition coefficient (Wildman–Crippen LogP) is 8.89. The number of carbonyl (C=O) groups is 5. The minimum atomic E-state index is -0.759. The van der Waals surface area contributed by atoms with Crippen molar-refractivity contribution in [3.63, 3.8) is 0 Å². The Balaban J connectivity index is 1.05. The molecule has 0 spiro atoms. The molecule has 320 valence electrons. The monoisotopic (exact) mass is 815 g/mol. The van der Waals surface area contributed by atoms with E-state index in [4.69, 9.17) is 4.74 Å². The van der Waals surface area contributed by atoms with Crippen LogP contribution in [0.1, 0.15) is 143 Å². The van der Waals surface area contributed by atoms with Crippen molar-refractivity contribution in [1.82, 2.24) is 15.1 Å². The summed E-state index contributed by atoms with van der Waals surface area (Å²) in [5.74, 6) is 1.56. The molecular formula is C51H65N3O6. The number of hydrogen-bond acceptors (Lipinski definition) is 6. The number of hydrogen-bond donors (Lipinski definition) is 1. The maximum Gasteiger partial charge on any atom is 0.407 e. The van der Waals surface area contributed by atoms with E-state index < -0.39 is 18.2 Å². The summed E-state index contributed by atoms with van der Waals surface area (Å²) in [5, 5.41) is 2.67. The third-order valence-electron chi connectivity index (χ3n) is 14.2. The largest absolute Gasteiger partial charge is 0.453 e. The van der Waals surface area contributed by atoms with Crippen LogP contribution in [0, 0.1) is 17.8 Å². The third-order valence-corrected chi connectivity index (χ3v) is 14.2. The van der Waals surface area contributed by atoms with Crippen LogP contribution < -0.4 is 5.32 Å². The molecule has 2 heterocycles. The quantitative estimate of drug-likeness (QED) is 0.164. The predicted molar refractivity (Wildman–Crippen MR) is 234 cm³/mol. The maximum atomic E-state index is 13.8. The zero-order valence-corrected chi connectivity index (χ0v) is 36.5. The molecule has 3 aromatic carbocycles. The Morgan fingerprint density at radius 1 is 0.583 bits per heavy atom. The number of rotatable bonds is 15. The number of methoxy groups -OCH3 is 1. The van der Waals surface area contributed by atoms with Gasteiger partial charge in [0.2, 0.25) is 11.8 Å². The third kappa shape index (κ3) is 9.55. The molecular weight excluding hydrogens is 751 g/mol. The first-order chi connectivity index (χ1) is 28.8. The van der Waals surface area contributed by atoms with Crippen LogP contribution in [0.4, 0.5) is 4.79 Å². The van der Waals surface area contributed by atoms with Gasteiger partial charge in [0.15, 0.2) is 11.6 Å². The van der Waals surface area contributed by atoms with Gasteiger partial charge in [-0.1, -0.05) is 107 Å². The molecule has 2 saturated heterocycles. The van der Waals surface area contributed by atoms with Gasteiger partial charge < -0.3 is 19.9 Å². The summed E-state index contributed by atoms with van der Waals surface area (Å²) >= 11 is 0. The van der Waals surface area contributed by atoms with Gasteiger partial charge in [-0.25, -0.2) is 4.79 Å². The Labute approximate surface area is 357 Å². The molecule has 2 aliphatic heterocycles. The Morgan fingerprint density at radius 3 is 1.47 bits per heavy atom. The second-order valence-electron chi connectivity index (χ2n) is 18.8. The lowest BCUT2D eigenvalue weighted by Gasteiger charge is -2.30. The molecule has 9 heteroatoms. The number of ketones is 2. The number of nitrogens with zero attached hydrogens (tertiary/aromatic N) is 2. The molecule has 3 aromatic rings. The van der Waals surface area contributed by atoms with Crippen LogP contribution in [0.15, 0.2) is 72.8 Å². The Bertz CT molecular complexity index is 2000. The Morgan fingerprint density at radius 2 is 1.03 bits per heavy atom. The summed E-state index contributed by atoms with van der Waals surface area (Å²) in [6.45, 7) is 11.0. The lowest BCUT2D eigenvalue weighted by atomic mass is 9.77. The van der Waals surface area contributed by atoms with Crippen molar-refractivity contribution in [2.75, 3.05) is 20.2 Å². The number of amides is 3. The van der Waals surface area contributed by atoms with Crippen molar-refractivity contribution in [3.05, 3.63) is 106 Å². The van der Waals surface area contributed by atoms with Gasteiger partial charge >= 0.3 is 6.09 Å². The summed E-state index contributed by atoms with van der Waals surface area (Å²) in [4.78, 5) is 69.7. The molecule has 0 aromatic heterocycles. The van der Waals surface area contributed by atoms with Crippen LogP contribution in [-0.4, -0.2) is 77.6 Å². The summed E-state index contributed by atoms with van der Waals surface area (Å²) < 4.78 is 4.76. The molecule has 7 atom stereocenters. The summed E-state index contributed by atoms with van der Waals surface area (Å²) in [5.41, 5.74) is 7.25. The van der Waals surface area contributed by atoms with Crippen LogP contribution in [0.25, 0.3) is 0 Å². The van der Waals surface area contributed by atoms with Crippen molar-refractivity contribution in [2.24, 2.45) is 17.8 Å². The number of likely N-dealkylation sites (tertiary alicyclic amines) is 2. The van der Waals surface area contributed by atoms with E-state index in [2.05, 4.69) is 92.0 Å². The van der Waals surface area contributed by atoms with E-state index in [9.17, 15) is 24.0 Å². The minimum absolute atomic E-state index is 0.0173. The highest BCUT2D eigenvalue weighted by Crippen LogP contribution is 2.54. The smallest absolute Gasteiger partial charge is 0.407 e. The standard InChI is InChI=1S/C51H65N3O6/c1-31(2)33(5)49(57)53-27-7-9-43(53)45(55)29-34-11-15-38(16-12-34)41-25-26-42(47(41)40-23-21-37(22-24-40)36-19-20-36)39-17-13-35(14-18-39)30-46(56)44-10-8-28-54(44)50(58)48(32(3)4)52-51(59)60-6/h11-18,21-24,31-33,36,41-44,47-48H,7-10,19-20,25-30H2,1-6H3,(H,52,59)/t33-,41?,42?,43?,44?,47?,48-/m0/s1. The Hall–Kier alpha value is -4.79. The number of nitrogens with one attached hydrogen (secondary N) is 1. The highest BCUT2D eigenvalue weighted by atomic mass is 16.5. The van der Waals surface area contributed by atoms with E-state index >= 15 is 0 Å². The van der Waals surface area contributed by atoms with Crippen LogP contribution in [0.5, 0.6) is 0 Å².